The highest BCUT2D eigenvalue weighted by atomic mass is 16.4. The molecule has 1 aromatic carbocycles. The maximum Gasteiger partial charge on any atom is 0.339 e. The lowest BCUT2D eigenvalue weighted by Crippen LogP contribution is -2.18. The molecule has 3 unspecified atom stereocenters. The normalized spacial score (nSPS) is 22.0. The van der Waals surface area contributed by atoms with Gasteiger partial charge in [0.2, 0.25) is 0 Å². The minimum atomic E-state index is -1.23. The molecule has 152 valence electrons. The van der Waals surface area contributed by atoms with Crippen LogP contribution >= 0.6 is 0 Å². The average Bonchev–Trinajstić information content (AvgIpc) is 2.89. The fraction of sp³-hybridized carbons (Fsp3) is 0.476. The number of hydrogen-bond donors (Lipinski definition) is 4. The van der Waals surface area contributed by atoms with E-state index in [9.17, 15) is 24.6 Å². The molecule has 1 fully saturated rings. The smallest absolute Gasteiger partial charge is 0.339 e. The molecule has 0 heterocycles. The number of carbonyl (C=O) groups is 3. The van der Waals surface area contributed by atoms with Gasteiger partial charge < -0.3 is 20.4 Å². The van der Waals surface area contributed by atoms with Crippen molar-refractivity contribution in [3.8, 4) is 5.75 Å². The third-order valence-corrected chi connectivity index (χ3v) is 5.15. The summed E-state index contributed by atoms with van der Waals surface area (Å²) in [5.41, 5.74) is 0.359. The summed E-state index contributed by atoms with van der Waals surface area (Å²) in [5, 5.41) is 37.5. The second-order valence-corrected chi connectivity index (χ2v) is 7.21. The zero-order valence-corrected chi connectivity index (χ0v) is 15.6. The topological polar surface area (TPSA) is 132 Å². The molecule has 4 N–H and O–H groups in total. The number of hydrogen-bond acceptors (Lipinski definition) is 5. The molecular formula is C21H26O7. The summed E-state index contributed by atoms with van der Waals surface area (Å²) in [4.78, 5) is 33.8. The SMILES string of the molecule is O=C(O)CCCCCCC1C(=O)CC(O)C1C=Cc1ccc(O)c(C(=O)O)c1. The molecule has 0 saturated heterocycles. The molecule has 1 aliphatic rings. The Kier molecular flexibility index (Phi) is 7.75. The number of benzene rings is 1. The van der Waals surface area contributed by atoms with Crippen LogP contribution in [0.15, 0.2) is 24.3 Å². The number of aliphatic hydroxyl groups is 1. The highest BCUT2D eigenvalue weighted by Crippen LogP contribution is 2.35. The summed E-state index contributed by atoms with van der Waals surface area (Å²) in [7, 11) is 0. The lowest BCUT2D eigenvalue weighted by molar-refractivity contribution is -0.137. The lowest BCUT2D eigenvalue weighted by atomic mass is 9.88. The number of aromatic carboxylic acids is 1. The summed E-state index contributed by atoms with van der Waals surface area (Å²) < 4.78 is 0. The Hall–Kier alpha value is -2.67. The van der Waals surface area contributed by atoms with Crippen molar-refractivity contribution in [3.63, 3.8) is 0 Å². The summed E-state index contributed by atoms with van der Waals surface area (Å²) in [6, 6.07) is 4.21. The number of aliphatic carboxylic acids is 1. The highest BCUT2D eigenvalue weighted by molar-refractivity contribution is 5.91. The van der Waals surface area contributed by atoms with Gasteiger partial charge in [-0.05, 0) is 30.5 Å². The first-order chi connectivity index (χ1) is 13.3. The zero-order valence-electron chi connectivity index (χ0n) is 15.6. The fourth-order valence-corrected chi connectivity index (χ4v) is 3.64. The van der Waals surface area contributed by atoms with Crippen molar-refractivity contribution in [2.75, 3.05) is 0 Å². The lowest BCUT2D eigenvalue weighted by Gasteiger charge is -2.17. The second-order valence-electron chi connectivity index (χ2n) is 7.21. The highest BCUT2D eigenvalue weighted by Gasteiger charge is 2.39. The van der Waals surface area contributed by atoms with E-state index in [1.807, 2.05) is 0 Å². The molecule has 0 radical (unpaired) electrons. The molecule has 0 aromatic heterocycles. The van der Waals surface area contributed by atoms with Gasteiger partial charge in [0, 0.05) is 24.7 Å². The largest absolute Gasteiger partial charge is 0.507 e. The average molecular weight is 390 g/mol. The van der Waals surface area contributed by atoms with E-state index in [2.05, 4.69) is 0 Å². The van der Waals surface area contributed by atoms with Crippen molar-refractivity contribution in [2.24, 2.45) is 11.8 Å². The van der Waals surface area contributed by atoms with E-state index in [0.717, 1.165) is 19.3 Å². The first-order valence-electron chi connectivity index (χ1n) is 9.46. The first kappa shape index (κ1) is 21.6. The summed E-state index contributed by atoms with van der Waals surface area (Å²) in [6.45, 7) is 0. The molecule has 0 bridgehead atoms. The zero-order chi connectivity index (χ0) is 20.7. The summed E-state index contributed by atoms with van der Waals surface area (Å²) in [5.74, 6) is -2.97. The number of carboxylic acid groups (broad SMARTS) is 2. The summed E-state index contributed by atoms with van der Waals surface area (Å²) in [6.07, 6.45) is 6.56. The van der Waals surface area contributed by atoms with Crippen LogP contribution in [0.2, 0.25) is 0 Å². The van der Waals surface area contributed by atoms with Crippen LogP contribution in [0, 0.1) is 11.8 Å². The van der Waals surface area contributed by atoms with Crippen LogP contribution in [0.4, 0.5) is 0 Å². The predicted octanol–water partition coefficient (Wildman–Crippen LogP) is 3.09. The van der Waals surface area contributed by atoms with Crippen LogP contribution in [0.1, 0.15) is 60.9 Å². The van der Waals surface area contributed by atoms with E-state index in [-0.39, 0.29) is 41.8 Å². The maximum absolute atomic E-state index is 12.2. The van der Waals surface area contributed by atoms with Crippen LogP contribution in [0.5, 0.6) is 5.75 Å². The molecule has 2 rings (SSSR count). The molecule has 1 aromatic rings. The Bertz CT molecular complexity index is 753. The standard InChI is InChI=1S/C21H26O7/c22-17-10-8-13(11-16(17)21(27)28)7-9-15-14(18(23)12-19(15)24)5-3-1-2-4-6-20(25)26/h7-11,14-15,19,22,24H,1-6,12H2,(H,25,26)(H,27,28). The van der Waals surface area contributed by atoms with Crippen LogP contribution in [-0.2, 0) is 9.59 Å². The Labute approximate surface area is 163 Å². The van der Waals surface area contributed by atoms with Crippen LogP contribution in [-0.4, -0.2) is 44.3 Å². The van der Waals surface area contributed by atoms with Crippen molar-refractivity contribution in [1.29, 1.82) is 0 Å². The third kappa shape index (κ3) is 5.92. The van der Waals surface area contributed by atoms with Crippen molar-refractivity contribution < 1.29 is 34.8 Å². The Morgan fingerprint density at radius 1 is 1.11 bits per heavy atom. The second kappa shape index (κ2) is 10.0. The fourth-order valence-electron chi connectivity index (χ4n) is 3.64. The molecule has 1 saturated carbocycles. The Balaban J connectivity index is 1.97. The number of rotatable bonds is 10. The van der Waals surface area contributed by atoms with Gasteiger partial charge in [0.15, 0.2) is 0 Å². The van der Waals surface area contributed by atoms with E-state index in [4.69, 9.17) is 10.2 Å². The van der Waals surface area contributed by atoms with Crippen molar-refractivity contribution >= 4 is 23.8 Å². The summed E-state index contributed by atoms with van der Waals surface area (Å²) >= 11 is 0. The van der Waals surface area contributed by atoms with E-state index in [0.29, 0.717) is 18.4 Å². The number of phenols is 1. The van der Waals surface area contributed by atoms with E-state index < -0.39 is 18.0 Å². The Morgan fingerprint density at radius 3 is 2.50 bits per heavy atom. The molecule has 0 amide bonds. The number of aromatic hydroxyl groups is 1. The minimum absolute atomic E-state index is 0.0182. The molecule has 28 heavy (non-hydrogen) atoms. The van der Waals surface area contributed by atoms with Gasteiger partial charge in [0.1, 0.15) is 17.1 Å². The van der Waals surface area contributed by atoms with E-state index >= 15 is 0 Å². The van der Waals surface area contributed by atoms with Gasteiger partial charge in [-0.1, -0.05) is 37.5 Å². The number of Topliss-reactive ketones (excluding diaryl/α,β-unsaturated/α-hetero) is 1. The minimum Gasteiger partial charge on any atom is -0.507 e. The van der Waals surface area contributed by atoms with Gasteiger partial charge in [-0.15, -0.1) is 0 Å². The molecule has 0 aliphatic heterocycles. The number of unbranched alkanes of at least 4 members (excludes halogenated alkanes) is 3. The molecule has 7 nitrogen and oxygen atoms in total. The number of carbonyl (C=O) groups excluding carboxylic acids is 1. The molecule has 0 spiro atoms. The van der Waals surface area contributed by atoms with Gasteiger partial charge in [-0.2, -0.15) is 0 Å². The molecule has 1 aliphatic carbocycles. The maximum atomic E-state index is 12.2. The third-order valence-electron chi connectivity index (χ3n) is 5.15. The van der Waals surface area contributed by atoms with Crippen LogP contribution in [0.3, 0.4) is 0 Å². The van der Waals surface area contributed by atoms with E-state index in [1.165, 1.54) is 12.1 Å². The van der Waals surface area contributed by atoms with Gasteiger partial charge in [0.05, 0.1) is 6.10 Å². The molecule has 7 heteroatoms. The molecule has 3 atom stereocenters. The van der Waals surface area contributed by atoms with Gasteiger partial charge in [0.25, 0.3) is 0 Å². The van der Waals surface area contributed by atoms with Crippen LogP contribution < -0.4 is 0 Å². The quantitative estimate of drug-likeness (QED) is 0.451. The molecular weight excluding hydrogens is 364 g/mol. The Morgan fingerprint density at radius 2 is 1.82 bits per heavy atom. The van der Waals surface area contributed by atoms with Gasteiger partial charge in [-0.3, -0.25) is 9.59 Å². The van der Waals surface area contributed by atoms with Crippen molar-refractivity contribution in [1.82, 2.24) is 0 Å². The van der Waals surface area contributed by atoms with Crippen molar-refractivity contribution in [2.45, 2.75) is 51.0 Å². The monoisotopic (exact) mass is 390 g/mol. The predicted molar refractivity (Wildman–Crippen MR) is 102 cm³/mol. The first-order valence-corrected chi connectivity index (χ1v) is 9.46. The van der Waals surface area contributed by atoms with E-state index in [1.54, 1.807) is 18.2 Å². The number of ketones is 1. The van der Waals surface area contributed by atoms with Crippen LogP contribution in [0.25, 0.3) is 6.08 Å². The van der Waals surface area contributed by atoms with Gasteiger partial charge >= 0.3 is 11.9 Å². The number of carboxylic acids is 2. The van der Waals surface area contributed by atoms with Crippen molar-refractivity contribution in [3.05, 3.63) is 35.4 Å². The van der Waals surface area contributed by atoms with Gasteiger partial charge in [-0.25, -0.2) is 4.79 Å². The number of aliphatic hydroxyl groups excluding tert-OH is 1.